The van der Waals surface area contributed by atoms with Crippen LogP contribution in [0.3, 0.4) is 0 Å². The predicted octanol–water partition coefficient (Wildman–Crippen LogP) is 0.598. The molecule has 8 heteroatoms. The summed E-state index contributed by atoms with van der Waals surface area (Å²) in [6.45, 7) is 7.82. The predicted molar refractivity (Wildman–Crippen MR) is 98.2 cm³/mol. The van der Waals surface area contributed by atoms with E-state index in [9.17, 15) is 13.2 Å². The van der Waals surface area contributed by atoms with Gasteiger partial charge in [0, 0.05) is 26.2 Å². The van der Waals surface area contributed by atoms with E-state index in [-0.39, 0.29) is 5.91 Å². The van der Waals surface area contributed by atoms with Crippen molar-refractivity contribution < 1.29 is 17.9 Å². The number of nitrogens with one attached hydrogen (secondary N) is 1. The zero-order chi connectivity index (χ0) is 18.4. The number of benzene rings is 1. The summed E-state index contributed by atoms with van der Waals surface area (Å²) in [4.78, 5) is 14.7. The van der Waals surface area contributed by atoms with Crippen molar-refractivity contribution >= 4 is 21.6 Å². The van der Waals surface area contributed by atoms with E-state index in [4.69, 9.17) is 4.74 Å². The van der Waals surface area contributed by atoms with Gasteiger partial charge in [0.15, 0.2) is 0 Å². The number of morpholine rings is 1. The summed E-state index contributed by atoms with van der Waals surface area (Å²) in [6, 6.07) is 6.31. The van der Waals surface area contributed by atoms with Gasteiger partial charge in [-0.05, 0) is 31.5 Å². The molecule has 0 saturated carbocycles. The summed E-state index contributed by atoms with van der Waals surface area (Å²) < 4.78 is 30.9. The number of aryl methyl sites for hydroxylation is 1. The Morgan fingerprint density at radius 2 is 2.04 bits per heavy atom. The number of carbonyl (C=O) groups excluding carboxylic acids is 1. The molecule has 0 aliphatic carbocycles. The molecule has 1 fully saturated rings. The van der Waals surface area contributed by atoms with Gasteiger partial charge in [0.2, 0.25) is 15.9 Å². The number of ether oxygens (including phenoxy) is 1. The fraction of sp³-hybridized carbons (Fsp3) is 0.588. The molecule has 140 valence electrons. The maximum Gasteiger partial charge on any atom is 0.243 e. The van der Waals surface area contributed by atoms with E-state index in [2.05, 4.69) is 10.2 Å². The van der Waals surface area contributed by atoms with Crippen LogP contribution in [0.25, 0.3) is 0 Å². The fourth-order valence-corrected chi connectivity index (χ4v) is 4.05. The van der Waals surface area contributed by atoms with Crippen LogP contribution < -0.4 is 9.62 Å². The van der Waals surface area contributed by atoms with Crippen LogP contribution in [0.1, 0.15) is 12.5 Å². The first-order valence-electron chi connectivity index (χ1n) is 8.43. The second-order valence-electron chi connectivity index (χ2n) is 6.32. The molecule has 0 spiro atoms. The van der Waals surface area contributed by atoms with Crippen LogP contribution in [0, 0.1) is 6.92 Å². The summed E-state index contributed by atoms with van der Waals surface area (Å²) >= 11 is 0. The molecular weight excluding hydrogens is 342 g/mol. The molecule has 7 nitrogen and oxygen atoms in total. The molecule has 1 aromatic rings. The molecule has 0 unspecified atom stereocenters. The molecule has 1 aliphatic rings. The number of hydrogen-bond donors (Lipinski definition) is 1. The highest BCUT2D eigenvalue weighted by atomic mass is 32.2. The van der Waals surface area contributed by atoms with Crippen LogP contribution in [0.2, 0.25) is 0 Å². The van der Waals surface area contributed by atoms with E-state index in [0.717, 1.165) is 31.5 Å². The van der Waals surface area contributed by atoms with E-state index < -0.39 is 16.1 Å². The fourth-order valence-electron chi connectivity index (χ4n) is 2.88. The third-order valence-electron chi connectivity index (χ3n) is 4.18. The average Bonchev–Trinajstić information content (AvgIpc) is 2.54. The molecule has 1 atom stereocenters. The molecule has 1 saturated heterocycles. The van der Waals surface area contributed by atoms with Gasteiger partial charge in [0.25, 0.3) is 0 Å². The smallest absolute Gasteiger partial charge is 0.243 e. The first-order chi connectivity index (χ1) is 11.8. The van der Waals surface area contributed by atoms with Gasteiger partial charge in [-0.2, -0.15) is 0 Å². The first kappa shape index (κ1) is 19.7. The molecule has 1 heterocycles. The molecule has 2 rings (SSSR count). The van der Waals surface area contributed by atoms with Gasteiger partial charge in [0.05, 0.1) is 25.2 Å². The van der Waals surface area contributed by atoms with Crippen LogP contribution in [-0.4, -0.2) is 70.9 Å². The third-order valence-corrected chi connectivity index (χ3v) is 5.42. The highest BCUT2D eigenvalue weighted by Gasteiger charge is 2.29. The zero-order valence-corrected chi connectivity index (χ0v) is 15.9. The highest BCUT2D eigenvalue weighted by Crippen LogP contribution is 2.21. The molecule has 0 bridgehead atoms. The van der Waals surface area contributed by atoms with Crippen molar-refractivity contribution in [2.24, 2.45) is 0 Å². The number of anilines is 1. The summed E-state index contributed by atoms with van der Waals surface area (Å²) in [7, 11) is -3.58. The molecule has 0 aromatic heterocycles. The minimum atomic E-state index is -3.58. The Kier molecular flexibility index (Phi) is 6.80. The van der Waals surface area contributed by atoms with Crippen molar-refractivity contribution in [1.29, 1.82) is 0 Å². The van der Waals surface area contributed by atoms with E-state index in [1.165, 1.54) is 4.31 Å². The standard InChI is InChI=1S/C17H27N3O4S/c1-14-5-4-6-16(13-14)20(25(3,22)23)15(2)17(21)18-7-8-19-9-11-24-12-10-19/h4-6,13,15H,7-12H2,1-3H3,(H,18,21)/t15-/m0/s1. The van der Waals surface area contributed by atoms with E-state index in [1.54, 1.807) is 25.1 Å². The second-order valence-corrected chi connectivity index (χ2v) is 8.18. The van der Waals surface area contributed by atoms with Crippen molar-refractivity contribution in [2.75, 3.05) is 50.0 Å². The van der Waals surface area contributed by atoms with Gasteiger partial charge in [-0.15, -0.1) is 0 Å². The van der Waals surface area contributed by atoms with Crippen molar-refractivity contribution in [3.8, 4) is 0 Å². The largest absolute Gasteiger partial charge is 0.379 e. The Labute approximate surface area is 150 Å². The van der Waals surface area contributed by atoms with Gasteiger partial charge in [-0.25, -0.2) is 8.42 Å². The lowest BCUT2D eigenvalue weighted by molar-refractivity contribution is -0.121. The summed E-state index contributed by atoms with van der Waals surface area (Å²) in [5.41, 5.74) is 1.43. The summed E-state index contributed by atoms with van der Waals surface area (Å²) in [5, 5.41) is 2.84. The third kappa shape index (κ3) is 5.69. The van der Waals surface area contributed by atoms with Gasteiger partial charge in [0.1, 0.15) is 6.04 Å². The van der Waals surface area contributed by atoms with Crippen LogP contribution in [0.4, 0.5) is 5.69 Å². The summed E-state index contributed by atoms with van der Waals surface area (Å²) in [6.07, 6.45) is 1.12. The minimum absolute atomic E-state index is 0.305. The highest BCUT2D eigenvalue weighted by molar-refractivity contribution is 7.92. The Bertz CT molecular complexity index is 687. The monoisotopic (exact) mass is 369 g/mol. The zero-order valence-electron chi connectivity index (χ0n) is 15.1. The Morgan fingerprint density at radius 1 is 1.36 bits per heavy atom. The van der Waals surface area contributed by atoms with E-state index in [1.807, 2.05) is 13.0 Å². The molecule has 1 aromatic carbocycles. The van der Waals surface area contributed by atoms with Crippen LogP contribution in [0.15, 0.2) is 24.3 Å². The number of sulfonamides is 1. The van der Waals surface area contributed by atoms with Crippen LogP contribution >= 0.6 is 0 Å². The lowest BCUT2D eigenvalue weighted by Crippen LogP contribution is -2.49. The van der Waals surface area contributed by atoms with Gasteiger partial charge < -0.3 is 10.1 Å². The van der Waals surface area contributed by atoms with E-state index in [0.29, 0.717) is 25.4 Å². The Balaban J connectivity index is 2.00. The van der Waals surface area contributed by atoms with Crippen molar-refractivity contribution in [3.63, 3.8) is 0 Å². The number of amides is 1. The van der Waals surface area contributed by atoms with Crippen LogP contribution in [0.5, 0.6) is 0 Å². The lowest BCUT2D eigenvalue weighted by atomic mass is 10.2. The lowest BCUT2D eigenvalue weighted by Gasteiger charge is -2.29. The molecule has 25 heavy (non-hydrogen) atoms. The number of rotatable bonds is 7. The molecular formula is C17H27N3O4S. The Hall–Kier alpha value is -1.64. The molecule has 1 aliphatic heterocycles. The van der Waals surface area contributed by atoms with Crippen molar-refractivity contribution in [3.05, 3.63) is 29.8 Å². The first-order valence-corrected chi connectivity index (χ1v) is 10.3. The van der Waals surface area contributed by atoms with Crippen molar-refractivity contribution in [2.45, 2.75) is 19.9 Å². The average molecular weight is 369 g/mol. The number of nitrogens with zero attached hydrogens (tertiary/aromatic N) is 2. The molecule has 0 radical (unpaired) electrons. The van der Waals surface area contributed by atoms with Gasteiger partial charge in [-0.1, -0.05) is 12.1 Å². The van der Waals surface area contributed by atoms with Gasteiger partial charge in [-0.3, -0.25) is 14.0 Å². The summed E-state index contributed by atoms with van der Waals surface area (Å²) in [5.74, 6) is -0.305. The SMILES string of the molecule is Cc1cccc(N([C@@H](C)C(=O)NCCN2CCOCC2)S(C)(=O)=O)c1. The number of hydrogen-bond acceptors (Lipinski definition) is 5. The van der Waals surface area contributed by atoms with E-state index >= 15 is 0 Å². The quantitative estimate of drug-likeness (QED) is 0.761. The normalized spacial score (nSPS) is 17.1. The van der Waals surface area contributed by atoms with Crippen LogP contribution in [-0.2, 0) is 19.6 Å². The maximum atomic E-state index is 12.5. The van der Waals surface area contributed by atoms with Crippen molar-refractivity contribution in [1.82, 2.24) is 10.2 Å². The topological polar surface area (TPSA) is 79.0 Å². The van der Waals surface area contributed by atoms with Gasteiger partial charge >= 0.3 is 0 Å². The second kappa shape index (κ2) is 8.64. The molecule has 1 N–H and O–H groups in total. The maximum absolute atomic E-state index is 12.5. The minimum Gasteiger partial charge on any atom is -0.379 e. The Morgan fingerprint density at radius 3 is 2.64 bits per heavy atom. The number of carbonyl (C=O) groups is 1. The molecule has 1 amide bonds.